The number of piperazine rings is 1. The molecular formula is C13H17ClN2O2. The second-order valence-corrected chi connectivity index (χ2v) is 4.78. The van der Waals surface area contributed by atoms with Crippen molar-refractivity contribution in [1.29, 1.82) is 0 Å². The number of hydrogen-bond donors (Lipinski definition) is 1. The van der Waals surface area contributed by atoms with Crippen LogP contribution < -0.4 is 10.1 Å². The van der Waals surface area contributed by atoms with Crippen molar-refractivity contribution < 1.29 is 9.53 Å². The molecular weight excluding hydrogens is 252 g/mol. The van der Waals surface area contributed by atoms with Gasteiger partial charge in [0.1, 0.15) is 5.75 Å². The Morgan fingerprint density at radius 3 is 2.78 bits per heavy atom. The van der Waals surface area contributed by atoms with E-state index in [2.05, 4.69) is 5.32 Å². The summed E-state index contributed by atoms with van der Waals surface area (Å²) in [6.45, 7) is 5.31. The maximum atomic E-state index is 11.2. The quantitative estimate of drug-likeness (QED) is 0.840. The van der Waals surface area contributed by atoms with Gasteiger partial charge in [-0.2, -0.15) is 0 Å². The predicted octanol–water partition coefficient (Wildman–Crippen LogP) is 1.46. The van der Waals surface area contributed by atoms with Crippen LogP contribution in [0.15, 0.2) is 18.2 Å². The summed E-state index contributed by atoms with van der Waals surface area (Å²) in [4.78, 5) is 13.2. The van der Waals surface area contributed by atoms with Gasteiger partial charge in [-0.25, -0.2) is 0 Å². The van der Waals surface area contributed by atoms with Crippen LogP contribution in [0.3, 0.4) is 0 Å². The van der Waals surface area contributed by atoms with E-state index in [4.69, 9.17) is 16.3 Å². The van der Waals surface area contributed by atoms with Crippen molar-refractivity contribution in [3.63, 3.8) is 0 Å². The van der Waals surface area contributed by atoms with Crippen LogP contribution in [-0.4, -0.2) is 43.6 Å². The SMILES string of the molecule is Cc1cc(Cl)ccc1OC(C=O)N1CCNCC1. The third-order valence-electron chi connectivity index (χ3n) is 3.01. The number of nitrogens with zero attached hydrogens (tertiary/aromatic N) is 1. The van der Waals surface area contributed by atoms with Gasteiger partial charge in [0.2, 0.25) is 6.23 Å². The van der Waals surface area contributed by atoms with Gasteiger partial charge in [0.15, 0.2) is 6.29 Å². The van der Waals surface area contributed by atoms with Gasteiger partial charge in [0, 0.05) is 31.2 Å². The van der Waals surface area contributed by atoms with E-state index in [9.17, 15) is 4.79 Å². The molecule has 1 fully saturated rings. The molecule has 18 heavy (non-hydrogen) atoms. The second kappa shape index (κ2) is 6.18. The van der Waals surface area contributed by atoms with E-state index in [0.717, 1.165) is 38.0 Å². The summed E-state index contributed by atoms with van der Waals surface area (Å²) in [7, 11) is 0. The molecule has 1 N–H and O–H groups in total. The maximum absolute atomic E-state index is 11.2. The normalized spacial score (nSPS) is 18.3. The molecule has 1 saturated heterocycles. The highest BCUT2D eigenvalue weighted by atomic mass is 35.5. The van der Waals surface area contributed by atoms with Crippen LogP contribution in [0.4, 0.5) is 0 Å². The Labute approximate surface area is 112 Å². The fourth-order valence-electron chi connectivity index (χ4n) is 2.00. The number of carbonyl (C=O) groups excluding carboxylic acids is 1. The first-order valence-corrected chi connectivity index (χ1v) is 6.41. The van der Waals surface area contributed by atoms with E-state index in [1.54, 1.807) is 12.1 Å². The lowest BCUT2D eigenvalue weighted by Gasteiger charge is -2.32. The van der Waals surface area contributed by atoms with E-state index in [-0.39, 0.29) is 0 Å². The number of aryl methyl sites for hydroxylation is 1. The Hall–Kier alpha value is -1.10. The predicted molar refractivity (Wildman–Crippen MR) is 71.1 cm³/mol. The molecule has 0 amide bonds. The lowest BCUT2D eigenvalue weighted by atomic mass is 10.2. The fraction of sp³-hybridized carbons (Fsp3) is 0.462. The monoisotopic (exact) mass is 268 g/mol. The molecule has 4 nitrogen and oxygen atoms in total. The van der Waals surface area contributed by atoms with Gasteiger partial charge >= 0.3 is 0 Å². The van der Waals surface area contributed by atoms with E-state index < -0.39 is 6.23 Å². The number of aldehydes is 1. The van der Waals surface area contributed by atoms with Gasteiger partial charge in [0.05, 0.1) is 0 Å². The maximum Gasteiger partial charge on any atom is 0.209 e. The molecule has 2 rings (SSSR count). The van der Waals surface area contributed by atoms with Crippen molar-refractivity contribution in [2.45, 2.75) is 13.2 Å². The van der Waals surface area contributed by atoms with E-state index >= 15 is 0 Å². The highest BCUT2D eigenvalue weighted by molar-refractivity contribution is 6.30. The third kappa shape index (κ3) is 3.22. The number of benzene rings is 1. The zero-order valence-corrected chi connectivity index (χ0v) is 11.1. The summed E-state index contributed by atoms with van der Waals surface area (Å²) in [6.07, 6.45) is 0.325. The lowest BCUT2D eigenvalue weighted by Crippen LogP contribution is -2.51. The number of carbonyl (C=O) groups is 1. The molecule has 0 saturated carbocycles. The topological polar surface area (TPSA) is 41.6 Å². The molecule has 0 radical (unpaired) electrons. The summed E-state index contributed by atoms with van der Waals surface area (Å²) in [5.74, 6) is 0.704. The lowest BCUT2D eigenvalue weighted by molar-refractivity contribution is -0.122. The summed E-state index contributed by atoms with van der Waals surface area (Å²) in [5, 5.41) is 3.92. The second-order valence-electron chi connectivity index (χ2n) is 4.34. The van der Waals surface area contributed by atoms with Crippen LogP contribution in [0.5, 0.6) is 5.75 Å². The number of hydrogen-bond acceptors (Lipinski definition) is 4. The van der Waals surface area contributed by atoms with Gasteiger partial charge in [-0.3, -0.25) is 9.69 Å². The number of halogens is 1. The highest BCUT2D eigenvalue weighted by Gasteiger charge is 2.21. The summed E-state index contributed by atoms with van der Waals surface area (Å²) in [5.41, 5.74) is 0.935. The Kier molecular flexibility index (Phi) is 4.58. The summed E-state index contributed by atoms with van der Waals surface area (Å²) < 4.78 is 5.76. The molecule has 1 aliphatic heterocycles. The Bertz CT molecular complexity index is 419. The summed E-state index contributed by atoms with van der Waals surface area (Å²) in [6, 6.07) is 5.40. The summed E-state index contributed by atoms with van der Waals surface area (Å²) >= 11 is 5.89. The van der Waals surface area contributed by atoms with Crippen molar-refractivity contribution in [3.8, 4) is 5.75 Å². The molecule has 1 aliphatic rings. The minimum absolute atomic E-state index is 0.521. The molecule has 0 aliphatic carbocycles. The van der Waals surface area contributed by atoms with Crippen molar-refractivity contribution in [3.05, 3.63) is 28.8 Å². The molecule has 5 heteroatoms. The first-order chi connectivity index (χ1) is 8.70. The molecule has 1 heterocycles. The standard InChI is InChI=1S/C13H17ClN2O2/c1-10-8-11(14)2-3-12(10)18-13(9-17)16-6-4-15-5-7-16/h2-3,8-9,13,15H,4-7H2,1H3. The first-order valence-electron chi connectivity index (χ1n) is 6.03. The van der Waals surface area contributed by atoms with Gasteiger partial charge in [-0.05, 0) is 30.7 Å². The van der Waals surface area contributed by atoms with Crippen LogP contribution in [0.2, 0.25) is 5.02 Å². The molecule has 1 aromatic carbocycles. The average Bonchev–Trinajstić information content (AvgIpc) is 2.39. The zero-order chi connectivity index (χ0) is 13.0. The molecule has 98 valence electrons. The van der Waals surface area contributed by atoms with Gasteiger partial charge in [0.25, 0.3) is 0 Å². The number of ether oxygens (including phenoxy) is 1. The molecule has 1 atom stereocenters. The molecule has 1 unspecified atom stereocenters. The largest absolute Gasteiger partial charge is 0.468 e. The van der Waals surface area contributed by atoms with Gasteiger partial charge in [-0.15, -0.1) is 0 Å². The van der Waals surface area contributed by atoms with Crippen molar-refractivity contribution in [2.24, 2.45) is 0 Å². The smallest absolute Gasteiger partial charge is 0.209 e. The van der Waals surface area contributed by atoms with Crippen molar-refractivity contribution in [2.75, 3.05) is 26.2 Å². The van der Waals surface area contributed by atoms with E-state index in [0.29, 0.717) is 10.8 Å². The highest BCUT2D eigenvalue weighted by Crippen LogP contribution is 2.23. The van der Waals surface area contributed by atoms with Crippen LogP contribution in [0.1, 0.15) is 5.56 Å². The van der Waals surface area contributed by atoms with Crippen molar-refractivity contribution >= 4 is 17.9 Å². The van der Waals surface area contributed by atoms with Crippen LogP contribution in [0.25, 0.3) is 0 Å². The minimum atomic E-state index is -0.521. The first kappa shape index (κ1) is 13.3. The van der Waals surface area contributed by atoms with Gasteiger partial charge in [-0.1, -0.05) is 11.6 Å². The van der Waals surface area contributed by atoms with Crippen LogP contribution >= 0.6 is 11.6 Å². The van der Waals surface area contributed by atoms with Crippen molar-refractivity contribution in [1.82, 2.24) is 10.2 Å². The van der Waals surface area contributed by atoms with E-state index in [1.807, 2.05) is 17.9 Å². The molecule has 0 bridgehead atoms. The molecule has 0 spiro atoms. The van der Waals surface area contributed by atoms with Crippen LogP contribution in [-0.2, 0) is 4.79 Å². The average molecular weight is 269 g/mol. The number of nitrogens with one attached hydrogen (secondary N) is 1. The van der Waals surface area contributed by atoms with E-state index in [1.165, 1.54) is 0 Å². The molecule has 0 aromatic heterocycles. The van der Waals surface area contributed by atoms with Gasteiger partial charge < -0.3 is 10.1 Å². The number of rotatable bonds is 4. The zero-order valence-electron chi connectivity index (χ0n) is 10.4. The van der Waals surface area contributed by atoms with Crippen LogP contribution in [0, 0.1) is 6.92 Å². The Morgan fingerprint density at radius 2 is 2.17 bits per heavy atom. The minimum Gasteiger partial charge on any atom is -0.468 e. The Balaban J connectivity index is 2.07. The Morgan fingerprint density at radius 1 is 1.44 bits per heavy atom. The fourth-order valence-corrected chi connectivity index (χ4v) is 2.23. The third-order valence-corrected chi connectivity index (χ3v) is 3.25. The molecule has 1 aromatic rings.